The second-order valence-corrected chi connectivity index (χ2v) is 5.48. The van der Waals surface area contributed by atoms with E-state index >= 15 is 0 Å². The van der Waals surface area contributed by atoms with Crippen LogP contribution in [0.5, 0.6) is 0 Å². The smallest absolute Gasteiger partial charge is 0.0224 e. The number of likely N-dealkylation sites (N-methyl/N-ethyl adjacent to an activating group) is 1. The standard InChI is InChI=1S/C12H25N3/c1-10-6-12(8-13-7-10)15-5-4-14(3)11(2)9-15/h10-13H,4-9H2,1-3H3. The highest BCUT2D eigenvalue weighted by Gasteiger charge is 2.29. The summed E-state index contributed by atoms with van der Waals surface area (Å²) in [6.45, 7) is 10.8. The molecular formula is C12H25N3. The van der Waals surface area contributed by atoms with E-state index in [2.05, 4.69) is 36.0 Å². The van der Waals surface area contributed by atoms with Gasteiger partial charge in [0.05, 0.1) is 0 Å². The fourth-order valence-electron chi connectivity index (χ4n) is 2.81. The Balaban J connectivity index is 1.87. The Labute approximate surface area is 93.8 Å². The zero-order valence-electron chi connectivity index (χ0n) is 10.4. The predicted molar refractivity (Wildman–Crippen MR) is 64.1 cm³/mol. The average molecular weight is 211 g/mol. The van der Waals surface area contributed by atoms with Crippen molar-refractivity contribution in [2.45, 2.75) is 32.4 Å². The Morgan fingerprint density at radius 2 is 1.93 bits per heavy atom. The Morgan fingerprint density at radius 3 is 2.60 bits per heavy atom. The molecule has 0 aromatic rings. The van der Waals surface area contributed by atoms with Crippen LogP contribution in [0.2, 0.25) is 0 Å². The first-order chi connectivity index (χ1) is 7.16. The zero-order valence-corrected chi connectivity index (χ0v) is 10.4. The Hall–Kier alpha value is -0.120. The minimum atomic E-state index is 0.719. The van der Waals surface area contributed by atoms with Crippen molar-refractivity contribution < 1.29 is 0 Å². The lowest BCUT2D eigenvalue weighted by Gasteiger charge is -2.44. The molecule has 1 N–H and O–H groups in total. The van der Waals surface area contributed by atoms with E-state index in [0.29, 0.717) is 0 Å². The highest BCUT2D eigenvalue weighted by atomic mass is 15.3. The Kier molecular flexibility index (Phi) is 3.65. The van der Waals surface area contributed by atoms with Crippen LogP contribution in [0.4, 0.5) is 0 Å². The molecule has 0 spiro atoms. The number of hydrogen-bond donors (Lipinski definition) is 1. The summed E-state index contributed by atoms with van der Waals surface area (Å²) in [5.41, 5.74) is 0. The molecule has 0 saturated carbocycles. The summed E-state index contributed by atoms with van der Waals surface area (Å²) in [4.78, 5) is 5.16. The summed E-state index contributed by atoms with van der Waals surface area (Å²) in [6.07, 6.45) is 1.38. The predicted octanol–water partition coefficient (Wildman–Crippen LogP) is 0.620. The van der Waals surface area contributed by atoms with E-state index in [9.17, 15) is 0 Å². The number of piperazine rings is 1. The first-order valence-corrected chi connectivity index (χ1v) is 6.32. The highest BCUT2D eigenvalue weighted by molar-refractivity contribution is 4.86. The molecular weight excluding hydrogens is 186 g/mol. The molecule has 2 aliphatic rings. The van der Waals surface area contributed by atoms with Crippen molar-refractivity contribution in [1.29, 1.82) is 0 Å². The van der Waals surface area contributed by atoms with Crippen molar-refractivity contribution in [1.82, 2.24) is 15.1 Å². The van der Waals surface area contributed by atoms with E-state index in [0.717, 1.165) is 18.0 Å². The van der Waals surface area contributed by atoms with E-state index in [1.807, 2.05) is 0 Å². The molecule has 2 saturated heterocycles. The van der Waals surface area contributed by atoms with Gasteiger partial charge in [-0.05, 0) is 32.9 Å². The van der Waals surface area contributed by atoms with E-state index in [-0.39, 0.29) is 0 Å². The van der Waals surface area contributed by atoms with Crippen LogP contribution in [0.1, 0.15) is 20.3 Å². The first kappa shape index (κ1) is 11.4. The van der Waals surface area contributed by atoms with Crippen LogP contribution in [0, 0.1) is 5.92 Å². The van der Waals surface area contributed by atoms with Crippen LogP contribution in [-0.4, -0.2) is 61.7 Å². The van der Waals surface area contributed by atoms with Crippen molar-refractivity contribution in [3.63, 3.8) is 0 Å². The molecule has 0 aromatic heterocycles. The van der Waals surface area contributed by atoms with Crippen LogP contribution < -0.4 is 5.32 Å². The van der Waals surface area contributed by atoms with Crippen molar-refractivity contribution in [2.24, 2.45) is 5.92 Å². The van der Waals surface area contributed by atoms with Gasteiger partial charge in [-0.2, -0.15) is 0 Å². The normalized spacial score (nSPS) is 40.6. The van der Waals surface area contributed by atoms with Gasteiger partial charge in [-0.1, -0.05) is 6.92 Å². The van der Waals surface area contributed by atoms with Crippen molar-refractivity contribution in [3.05, 3.63) is 0 Å². The Bertz CT molecular complexity index is 207. The Morgan fingerprint density at radius 1 is 1.13 bits per heavy atom. The summed E-state index contributed by atoms with van der Waals surface area (Å²) in [6, 6.07) is 1.50. The minimum absolute atomic E-state index is 0.719. The van der Waals surface area contributed by atoms with Gasteiger partial charge in [0.25, 0.3) is 0 Å². The van der Waals surface area contributed by atoms with Crippen molar-refractivity contribution in [2.75, 3.05) is 39.8 Å². The summed E-state index contributed by atoms with van der Waals surface area (Å²) in [5, 5.41) is 3.55. The van der Waals surface area contributed by atoms with E-state index in [1.54, 1.807) is 0 Å². The lowest BCUT2D eigenvalue weighted by Crippen LogP contribution is -2.57. The summed E-state index contributed by atoms with van der Waals surface area (Å²) in [7, 11) is 2.24. The number of nitrogens with one attached hydrogen (secondary N) is 1. The van der Waals surface area contributed by atoms with Crippen LogP contribution in [-0.2, 0) is 0 Å². The number of rotatable bonds is 1. The molecule has 3 heteroatoms. The van der Waals surface area contributed by atoms with Crippen molar-refractivity contribution in [3.8, 4) is 0 Å². The van der Waals surface area contributed by atoms with Crippen LogP contribution in [0.25, 0.3) is 0 Å². The van der Waals surface area contributed by atoms with Gasteiger partial charge in [-0.25, -0.2) is 0 Å². The third-order valence-corrected chi connectivity index (χ3v) is 4.05. The van der Waals surface area contributed by atoms with Gasteiger partial charge >= 0.3 is 0 Å². The molecule has 0 bridgehead atoms. The molecule has 2 rings (SSSR count). The van der Waals surface area contributed by atoms with Crippen LogP contribution in [0.3, 0.4) is 0 Å². The highest BCUT2D eigenvalue weighted by Crippen LogP contribution is 2.18. The molecule has 3 nitrogen and oxygen atoms in total. The monoisotopic (exact) mass is 211 g/mol. The largest absolute Gasteiger partial charge is 0.315 e. The second kappa shape index (κ2) is 4.81. The number of nitrogens with zero attached hydrogens (tertiary/aromatic N) is 2. The molecule has 0 amide bonds. The molecule has 15 heavy (non-hydrogen) atoms. The maximum absolute atomic E-state index is 3.55. The van der Waals surface area contributed by atoms with E-state index in [1.165, 1.54) is 39.1 Å². The minimum Gasteiger partial charge on any atom is -0.315 e. The van der Waals surface area contributed by atoms with Gasteiger partial charge in [-0.15, -0.1) is 0 Å². The molecule has 2 fully saturated rings. The van der Waals surface area contributed by atoms with Crippen LogP contribution in [0.15, 0.2) is 0 Å². The fraction of sp³-hybridized carbons (Fsp3) is 1.00. The first-order valence-electron chi connectivity index (χ1n) is 6.32. The lowest BCUT2D eigenvalue weighted by molar-refractivity contribution is 0.0549. The van der Waals surface area contributed by atoms with E-state index < -0.39 is 0 Å². The topological polar surface area (TPSA) is 18.5 Å². The van der Waals surface area contributed by atoms with Gasteiger partial charge in [0, 0.05) is 38.3 Å². The summed E-state index contributed by atoms with van der Waals surface area (Å²) >= 11 is 0. The maximum Gasteiger partial charge on any atom is 0.0224 e. The quantitative estimate of drug-likeness (QED) is 0.686. The fourth-order valence-corrected chi connectivity index (χ4v) is 2.81. The molecule has 3 atom stereocenters. The van der Waals surface area contributed by atoms with Gasteiger partial charge in [-0.3, -0.25) is 4.90 Å². The van der Waals surface area contributed by atoms with Crippen molar-refractivity contribution >= 4 is 0 Å². The van der Waals surface area contributed by atoms with Gasteiger partial charge in [0.15, 0.2) is 0 Å². The van der Waals surface area contributed by atoms with Gasteiger partial charge in [0.2, 0.25) is 0 Å². The zero-order chi connectivity index (χ0) is 10.8. The molecule has 0 radical (unpaired) electrons. The summed E-state index contributed by atoms with van der Waals surface area (Å²) in [5.74, 6) is 0.846. The lowest BCUT2D eigenvalue weighted by atomic mass is 9.95. The third-order valence-electron chi connectivity index (χ3n) is 4.05. The van der Waals surface area contributed by atoms with Gasteiger partial charge in [0.1, 0.15) is 0 Å². The molecule has 0 aromatic carbocycles. The van der Waals surface area contributed by atoms with Crippen LogP contribution >= 0.6 is 0 Å². The molecule has 2 aliphatic heterocycles. The summed E-state index contributed by atoms with van der Waals surface area (Å²) < 4.78 is 0. The molecule has 88 valence electrons. The second-order valence-electron chi connectivity index (χ2n) is 5.48. The maximum atomic E-state index is 3.55. The van der Waals surface area contributed by atoms with E-state index in [4.69, 9.17) is 0 Å². The number of piperidine rings is 1. The molecule has 2 heterocycles. The SMILES string of the molecule is CC1CNCC(N2CCN(C)C(C)C2)C1. The number of hydrogen-bond acceptors (Lipinski definition) is 3. The average Bonchev–Trinajstić information content (AvgIpc) is 2.22. The third kappa shape index (κ3) is 2.71. The molecule has 3 unspecified atom stereocenters. The van der Waals surface area contributed by atoms with Gasteiger partial charge < -0.3 is 10.2 Å². The molecule has 0 aliphatic carbocycles.